The highest BCUT2D eigenvalue weighted by molar-refractivity contribution is 8.02. The number of urea groups is 1. The number of carbonyl (C=O) groups excluding carboxylic acids is 5. The van der Waals surface area contributed by atoms with Crippen molar-refractivity contribution in [1.82, 2.24) is 30.3 Å². The van der Waals surface area contributed by atoms with E-state index in [4.69, 9.17) is 22.2 Å². The van der Waals surface area contributed by atoms with Gasteiger partial charge in [-0.25, -0.2) is 29.4 Å². The molecule has 0 spiro atoms. The molecule has 0 aliphatic carbocycles. The molecule has 1 unspecified atom stereocenters. The van der Waals surface area contributed by atoms with Crippen LogP contribution in [0.15, 0.2) is 22.7 Å². The molecule has 5 amide bonds. The van der Waals surface area contributed by atoms with Crippen molar-refractivity contribution in [1.29, 1.82) is 0 Å². The number of carboxylic acids is 2. The largest absolute Gasteiger partial charge is 0.504 e. The van der Waals surface area contributed by atoms with Crippen molar-refractivity contribution in [3.63, 3.8) is 0 Å². The molecule has 0 radical (unpaired) electrons. The number of phenols is 2. The summed E-state index contributed by atoms with van der Waals surface area (Å²) in [6, 6.07) is 0.936. The molecule has 278 valence electrons. The van der Waals surface area contributed by atoms with Crippen LogP contribution in [0.4, 0.5) is 9.93 Å². The summed E-state index contributed by atoms with van der Waals surface area (Å²) in [4.78, 5) is 98.8. The summed E-state index contributed by atoms with van der Waals surface area (Å²) >= 11 is 7.54. The number of thiazole rings is 1. The summed E-state index contributed by atoms with van der Waals surface area (Å²) in [5.74, 6) is -9.09. The maximum Gasteiger partial charge on any atom is 0.350 e. The van der Waals surface area contributed by atoms with Gasteiger partial charge in [0.1, 0.15) is 12.2 Å². The van der Waals surface area contributed by atoms with Gasteiger partial charge in [0.25, 0.3) is 11.8 Å². The number of rotatable bonds is 13. The lowest BCUT2D eigenvalue weighted by Gasteiger charge is -2.40. The zero-order valence-corrected chi connectivity index (χ0v) is 29.3. The number of hydrazine groups is 1. The van der Waals surface area contributed by atoms with Gasteiger partial charge in [0.15, 0.2) is 28.1 Å². The number of Topliss-reactive ketones (excluding diaryl/α,β-unsaturated/α-hetero) is 1. The van der Waals surface area contributed by atoms with E-state index in [1.165, 1.54) is 24.1 Å². The fourth-order valence-corrected chi connectivity index (χ4v) is 7.79. The number of amides is 5. The van der Waals surface area contributed by atoms with Gasteiger partial charge in [-0.05, 0) is 26.0 Å². The molecule has 24 heteroatoms. The van der Waals surface area contributed by atoms with E-state index in [-0.39, 0.29) is 29.0 Å². The van der Waals surface area contributed by atoms with Crippen molar-refractivity contribution in [3.05, 3.63) is 33.8 Å². The normalized spacial score (nSPS) is 21.5. The molecule has 2 aromatic rings. The molecule has 21 nitrogen and oxygen atoms in total. The summed E-state index contributed by atoms with van der Waals surface area (Å²) in [5, 5.41) is 53.6. The van der Waals surface area contributed by atoms with Crippen LogP contribution in [0, 0.1) is 5.92 Å². The lowest BCUT2D eigenvalue weighted by Crippen LogP contribution is -2.60. The number of carbonyl (C=O) groups is 7. The number of β-lactam (4-membered cyclic amide) rings is 1. The Hall–Kier alpha value is -5.39. The minimum atomic E-state index is -2.04. The molecule has 3 fully saturated rings. The Morgan fingerprint density at radius 3 is 2.50 bits per heavy atom. The third kappa shape index (κ3) is 6.81. The number of halogens is 1. The number of hydroxylamine groups is 2. The number of hydrogen-bond donors (Lipinski definition) is 7. The van der Waals surface area contributed by atoms with E-state index in [0.29, 0.717) is 0 Å². The number of fused-ring (bicyclic) bond motifs is 1. The van der Waals surface area contributed by atoms with E-state index in [1.54, 1.807) is 0 Å². The Kier molecular flexibility index (Phi) is 10.2. The van der Waals surface area contributed by atoms with Crippen LogP contribution in [0.1, 0.15) is 36.3 Å². The number of nitrogens with one attached hydrogen (secondary N) is 1. The maximum atomic E-state index is 13.5. The van der Waals surface area contributed by atoms with Crippen molar-refractivity contribution in [2.45, 2.75) is 36.1 Å². The molecule has 5 rings (SSSR count). The SMILES string of the molecule is CC(C)(O/N=C(\C(=O)CC1C(=O)N2C[C@@](C(=O)O)(N3CCN(NC(=O)CN(O)C(=O)c4ccc(O)c(O)c4Cl)C3=O)S[C@H]12)c1csc(N)n1)C(=O)O. The molecule has 52 heavy (non-hydrogen) atoms. The Labute approximate surface area is 305 Å². The third-order valence-electron chi connectivity index (χ3n) is 8.16. The fraction of sp³-hybridized carbons (Fsp3) is 0.393. The number of nitrogen functional groups attached to an aromatic ring is 1. The Morgan fingerprint density at radius 2 is 1.88 bits per heavy atom. The number of carboxylic acid groups (broad SMARTS) is 2. The first kappa shape index (κ1) is 37.9. The molecular formula is C28H29ClN8O13S2. The predicted molar refractivity (Wildman–Crippen MR) is 177 cm³/mol. The van der Waals surface area contributed by atoms with Crippen LogP contribution < -0.4 is 11.2 Å². The van der Waals surface area contributed by atoms with Crippen LogP contribution in [0.2, 0.25) is 5.02 Å². The van der Waals surface area contributed by atoms with Gasteiger partial charge in [-0.2, -0.15) is 0 Å². The van der Waals surface area contributed by atoms with Crippen molar-refractivity contribution >= 4 is 87.0 Å². The average Bonchev–Trinajstić information content (AvgIpc) is 3.78. The molecule has 3 aliphatic rings. The van der Waals surface area contributed by atoms with Gasteiger partial charge in [-0.3, -0.25) is 34.7 Å². The van der Waals surface area contributed by atoms with Gasteiger partial charge in [-0.1, -0.05) is 28.5 Å². The summed E-state index contributed by atoms with van der Waals surface area (Å²) in [7, 11) is 0. The van der Waals surface area contributed by atoms with Gasteiger partial charge < -0.3 is 35.9 Å². The second-order valence-electron chi connectivity index (χ2n) is 12.0. The number of aromatic hydroxyl groups is 2. The van der Waals surface area contributed by atoms with Crippen molar-refractivity contribution in [2.75, 3.05) is 31.9 Å². The van der Waals surface area contributed by atoms with Gasteiger partial charge in [0.05, 0.1) is 35.0 Å². The number of aliphatic carboxylic acids is 2. The maximum absolute atomic E-state index is 13.5. The van der Waals surface area contributed by atoms with Crippen molar-refractivity contribution in [3.8, 4) is 11.5 Å². The number of hydrogen-bond acceptors (Lipinski definition) is 16. The molecule has 0 bridgehead atoms. The second kappa shape index (κ2) is 14.0. The minimum absolute atomic E-state index is 0.0294. The van der Waals surface area contributed by atoms with Gasteiger partial charge in [0, 0.05) is 18.3 Å². The number of nitrogens with zero attached hydrogens (tertiary/aromatic N) is 6. The van der Waals surface area contributed by atoms with Crippen LogP contribution in [0.5, 0.6) is 11.5 Å². The topological polar surface area (TPSA) is 306 Å². The van der Waals surface area contributed by atoms with Crippen LogP contribution in [-0.4, -0.2) is 140 Å². The number of benzene rings is 1. The first-order valence-electron chi connectivity index (χ1n) is 14.8. The van der Waals surface area contributed by atoms with E-state index in [1.807, 2.05) is 0 Å². The molecule has 1 aromatic heterocycles. The van der Waals surface area contributed by atoms with Crippen LogP contribution in [0.3, 0.4) is 0 Å². The number of nitrogens with two attached hydrogens (primary N) is 1. The minimum Gasteiger partial charge on any atom is -0.504 e. The summed E-state index contributed by atoms with van der Waals surface area (Å²) in [6.07, 6.45) is -0.503. The Morgan fingerprint density at radius 1 is 1.19 bits per heavy atom. The number of anilines is 1. The van der Waals surface area contributed by atoms with E-state index in [0.717, 1.165) is 45.1 Å². The smallest absolute Gasteiger partial charge is 0.350 e. The Bertz CT molecular complexity index is 1920. The number of aromatic nitrogens is 1. The van der Waals surface area contributed by atoms with Crippen molar-refractivity contribution < 1.29 is 64.0 Å². The zero-order valence-electron chi connectivity index (χ0n) is 26.9. The number of ketones is 1. The van der Waals surface area contributed by atoms with Crippen molar-refractivity contribution in [2.24, 2.45) is 11.1 Å². The molecule has 1 aromatic carbocycles. The van der Waals surface area contributed by atoms with E-state index >= 15 is 0 Å². The fourth-order valence-electron chi connectivity index (χ4n) is 5.31. The number of phenolic OH excluding ortho intramolecular Hbond substituents is 2. The van der Waals surface area contributed by atoms with Gasteiger partial charge in [0.2, 0.25) is 16.4 Å². The first-order chi connectivity index (χ1) is 24.3. The quantitative estimate of drug-likeness (QED) is 0.0460. The summed E-state index contributed by atoms with van der Waals surface area (Å²) in [5.41, 5.74) is 5.14. The Balaban J connectivity index is 1.25. The van der Waals surface area contributed by atoms with Gasteiger partial charge >= 0.3 is 18.0 Å². The first-order valence-corrected chi connectivity index (χ1v) is 17.0. The summed E-state index contributed by atoms with van der Waals surface area (Å²) < 4.78 is 0. The lowest BCUT2D eigenvalue weighted by molar-refractivity contribution is -0.161. The standard InChI is InChI=1S/C28H29ClN8O13S2/c1-27(2,23(44)45)50-33-18(13-9-51-25(30)31-13)15(39)7-12-20(42)34-10-28(24(46)47,52-22(12)34)35-5-6-36(26(35)48)32-16(40)8-37(49)21(43)11-3-4-14(38)19(41)17(11)29/h3-4,9,12,22,38,41,49H,5-8,10H2,1-2H3,(H2,30,31)(H,32,40)(H,44,45)(H,46,47)/b33-18-/t12?,22-,28-/m1/s1. The highest BCUT2D eigenvalue weighted by Gasteiger charge is 2.66. The third-order valence-corrected chi connectivity index (χ3v) is 11.0. The molecular weight excluding hydrogens is 756 g/mol. The zero-order chi connectivity index (χ0) is 38.4. The van der Waals surface area contributed by atoms with E-state index in [9.17, 15) is 59.2 Å². The number of thioether (sulfide) groups is 1. The van der Waals surface area contributed by atoms with Crippen LogP contribution in [0.25, 0.3) is 0 Å². The van der Waals surface area contributed by atoms with Crippen LogP contribution in [-0.2, 0) is 28.8 Å². The molecule has 3 aliphatic heterocycles. The second-order valence-corrected chi connectivity index (χ2v) is 14.7. The van der Waals surface area contributed by atoms with Crippen LogP contribution >= 0.6 is 34.7 Å². The average molecular weight is 785 g/mol. The molecule has 8 N–H and O–H groups in total. The van der Waals surface area contributed by atoms with Gasteiger partial charge in [-0.15, -0.1) is 11.3 Å². The number of oxime groups is 1. The van der Waals surface area contributed by atoms with E-state index < -0.39 is 111 Å². The molecule has 4 heterocycles. The molecule has 3 atom stereocenters. The lowest BCUT2D eigenvalue weighted by atomic mass is 9.90. The summed E-state index contributed by atoms with van der Waals surface area (Å²) in [6.45, 7) is 0.425. The highest BCUT2D eigenvalue weighted by Crippen LogP contribution is 2.53. The predicted octanol–water partition coefficient (Wildman–Crippen LogP) is -0.0544. The molecule has 3 saturated heterocycles. The molecule has 0 saturated carbocycles. The monoisotopic (exact) mass is 784 g/mol. The van der Waals surface area contributed by atoms with E-state index in [2.05, 4.69) is 15.6 Å². The highest BCUT2D eigenvalue weighted by atomic mass is 35.5.